The van der Waals surface area contributed by atoms with E-state index >= 15 is 0 Å². The highest BCUT2D eigenvalue weighted by Gasteiger charge is 1.99. The molecule has 0 aliphatic heterocycles. The average Bonchev–Trinajstić information content (AvgIpc) is 2.19. The van der Waals surface area contributed by atoms with Crippen LogP contribution >= 0.6 is 0 Å². The first kappa shape index (κ1) is 5.31. The minimum Gasteiger partial charge on any atom is -0.302 e. The van der Waals surface area contributed by atoms with Gasteiger partial charge in [-0.2, -0.15) is 0 Å². The van der Waals surface area contributed by atoms with E-state index in [1.807, 2.05) is 12.2 Å². The van der Waals surface area contributed by atoms with Gasteiger partial charge in [0.2, 0.25) is 0 Å². The Hall–Kier alpha value is -0.830. The molecule has 3 nitrogen and oxygen atoms in total. The Balaban J connectivity index is 2.46. The molecule has 0 amide bonds. The highest BCUT2D eigenvalue weighted by atomic mass is 16.7. The fraction of sp³-hybridized carbons (Fsp3) is 0.400. The van der Waals surface area contributed by atoms with Gasteiger partial charge in [0.25, 0.3) is 0 Å². The fourth-order valence-electron chi connectivity index (χ4n) is 0.678. The number of hydrogen-bond acceptors (Lipinski definition) is 3. The summed E-state index contributed by atoms with van der Waals surface area (Å²) in [5, 5.41) is 3.53. The lowest BCUT2D eigenvalue weighted by molar-refractivity contribution is 0.149. The summed E-state index contributed by atoms with van der Waals surface area (Å²) in [6.45, 7) is 0. The first-order chi connectivity index (χ1) is 3.93. The zero-order valence-electron chi connectivity index (χ0n) is 4.50. The Morgan fingerprint density at radius 1 is 1.75 bits per heavy atom. The Morgan fingerprint density at radius 3 is 3.12 bits per heavy atom. The van der Waals surface area contributed by atoms with E-state index in [0.29, 0.717) is 0 Å². The van der Waals surface area contributed by atoms with Crippen LogP contribution in [0.3, 0.4) is 0 Å². The molecule has 1 rings (SSSR count). The van der Waals surface area contributed by atoms with Gasteiger partial charge >= 0.3 is 0 Å². The number of oxime groups is 1. The van der Waals surface area contributed by atoms with Crippen molar-refractivity contribution in [1.82, 2.24) is 0 Å². The predicted octanol–water partition coefficient (Wildman–Crippen LogP) is 0.583. The lowest BCUT2D eigenvalue weighted by Gasteiger charge is -1.86. The summed E-state index contributed by atoms with van der Waals surface area (Å²) in [6.07, 6.45) is 5.96. The van der Waals surface area contributed by atoms with E-state index in [1.165, 1.54) is 0 Å². The van der Waals surface area contributed by atoms with Crippen molar-refractivity contribution in [2.75, 3.05) is 0 Å². The summed E-state index contributed by atoms with van der Waals surface area (Å²) in [5.41, 5.74) is 0.924. The monoisotopic (exact) mass is 112 g/mol. The Labute approximate surface area is 47.8 Å². The van der Waals surface area contributed by atoms with Crippen molar-refractivity contribution in [3.8, 4) is 0 Å². The molecule has 44 valence electrons. The highest BCUT2D eigenvalue weighted by molar-refractivity contribution is 5.96. The molecule has 0 unspecified atom stereocenters. The fourth-order valence-corrected chi connectivity index (χ4v) is 0.678. The van der Waals surface area contributed by atoms with Crippen molar-refractivity contribution in [1.29, 1.82) is 0 Å². The maximum absolute atomic E-state index is 4.69. The summed E-state index contributed by atoms with van der Waals surface area (Å²) in [7, 11) is 0. The molecule has 0 fully saturated rings. The van der Waals surface area contributed by atoms with Crippen LogP contribution in [-0.4, -0.2) is 5.71 Å². The van der Waals surface area contributed by atoms with Gasteiger partial charge in [0.15, 0.2) is 0 Å². The van der Waals surface area contributed by atoms with Gasteiger partial charge in [-0.1, -0.05) is 11.2 Å². The SMILES string of the molecule is NO/N=C1/C=CCC1. The highest BCUT2D eigenvalue weighted by Crippen LogP contribution is 2.04. The van der Waals surface area contributed by atoms with E-state index in [0.717, 1.165) is 18.6 Å². The van der Waals surface area contributed by atoms with Gasteiger partial charge in [0, 0.05) is 0 Å². The molecular weight excluding hydrogens is 104 g/mol. The van der Waals surface area contributed by atoms with Crippen LogP contribution in [0.5, 0.6) is 0 Å². The summed E-state index contributed by atoms with van der Waals surface area (Å²) >= 11 is 0. The molecule has 0 heterocycles. The summed E-state index contributed by atoms with van der Waals surface area (Å²) in [5.74, 6) is 4.69. The second-order valence-corrected chi connectivity index (χ2v) is 1.63. The molecule has 8 heavy (non-hydrogen) atoms. The van der Waals surface area contributed by atoms with Crippen molar-refractivity contribution in [2.45, 2.75) is 12.8 Å². The Bertz CT molecular complexity index is 128. The van der Waals surface area contributed by atoms with Crippen LogP contribution in [0.15, 0.2) is 17.3 Å². The number of hydrogen-bond donors (Lipinski definition) is 1. The van der Waals surface area contributed by atoms with Crippen LogP contribution in [0.1, 0.15) is 12.8 Å². The third-order valence-electron chi connectivity index (χ3n) is 1.05. The molecule has 0 saturated heterocycles. The molecule has 1 aliphatic rings. The minimum absolute atomic E-state index is 0.924. The molecular formula is C5H8N2O. The molecule has 0 aromatic rings. The van der Waals surface area contributed by atoms with Gasteiger partial charge in [-0.15, -0.1) is 5.90 Å². The summed E-state index contributed by atoms with van der Waals surface area (Å²) in [6, 6.07) is 0. The standard InChI is InChI=1S/C5H8N2O/c6-8-7-5-3-1-2-4-5/h1,3H,2,4,6H2/b7-5-. The largest absolute Gasteiger partial charge is 0.302 e. The van der Waals surface area contributed by atoms with Gasteiger partial charge < -0.3 is 4.94 Å². The van der Waals surface area contributed by atoms with Crippen molar-refractivity contribution < 1.29 is 4.94 Å². The van der Waals surface area contributed by atoms with Gasteiger partial charge in [-0.3, -0.25) is 0 Å². The van der Waals surface area contributed by atoms with Crippen LogP contribution < -0.4 is 5.90 Å². The van der Waals surface area contributed by atoms with Crippen molar-refractivity contribution >= 4 is 5.71 Å². The summed E-state index contributed by atoms with van der Waals surface area (Å²) < 4.78 is 0. The van der Waals surface area contributed by atoms with E-state index in [1.54, 1.807) is 0 Å². The first-order valence-electron chi connectivity index (χ1n) is 2.53. The zero-order valence-corrected chi connectivity index (χ0v) is 4.50. The molecule has 3 heteroatoms. The number of nitrogens with two attached hydrogens (primary N) is 1. The lowest BCUT2D eigenvalue weighted by atomic mass is 10.3. The lowest BCUT2D eigenvalue weighted by Crippen LogP contribution is -1.95. The first-order valence-corrected chi connectivity index (χ1v) is 2.53. The molecule has 1 aliphatic carbocycles. The van der Waals surface area contributed by atoms with Crippen molar-refractivity contribution in [2.24, 2.45) is 11.1 Å². The second kappa shape index (κ2) is 2.47. The zero-order chi connectivity index (χ0) is 5.82. The predicted molar refractivity (Wildman–Crippen MR) is 31.1 cm³/mol. The molecule has 0 spiro atoms. The third kappa shape index (κ3) is 1.07. The third-order valence-corrected chi connectivity index (χ3v) is 1.05. The smallest absolute Gasteiger partial charge is 0.0822 e. The van der Waals surface area contributed by atoms with Crippen LogP contribution in [0, 0.1) is 0 Å². The molecule has 0 saturated carbocycles. The van der Waals surface area contributed by atoms with Gasteiger partial charge in [0.05, 0.1) is 5.71 Å². The molecule has 0 aromatic carbocycles. The maximum Gasteiger partial charge on any atom is 0.0822 e. The molecule has 0 aromatic heterocycles. The molecule has 0 radical (unpaired) electrons. The number of rotatable bonds is 1. The Morgan fingerprint density at radius 2 is 2.62 bits per heavy atom. The topological polar surface area (TPSA) is 47.6 Å². The van der Waals surface area contributed by atoms with Crippen LogP contribution in [-0.2, 0) is 4.94 Å². The van der Waals surface area contributed by atoms with Gasteiger partial charge in [-0.05, 0) is 18.9 Å². The van der Waals surface area contributed by atoms with Crippen LogP contribution in [0.4, 0.5) is 0 Å². The molecule has 0 atom stereocenters. The normalized spacial score (nSPS) is 22.4. The van der Waals surface area contributed by atoms with E-state index in [9.17, 15) is 0 Å². The molecule has 2 N–H and O–H groups in total. The summed E-state index contributed by atoms with van der Waals surface area (Å²) in [4.78, 5) is 4.06. The van der Waals surface area contributed by atoms with Crippen molar-refractivity contribution in [3.63, 3.8) is 0 Å². The maximum atomic E-state index is 4.69. The quantitative estimate of drug-likeness (QED) is 0.504. The number of allylic oxidation sites excluding steroid dienone is 2. The minimum atomic E-state index is 0.924. The van der Waals surface area contributed by atoms with E-state index in [-0.39, 0.29) is 0 Å². The second-order valence-electron chi connectivity index (χ2n) is 1.63. The Kier molecular flexibility index (Phi) is 1.64. The van der Waals surface area contributed by atoms with E-state index in [4.69, 9.17) is 0 Å². The van der Waals surface area contributed by atoms with E-state index in [2.05, 4.69) is 16.0 Å². The van der Waals surface area contributed by atoms with Gasteiger partial charge in [-0.25, -0.2) is 0 Å². The molecule has 0 bridgehead atoms. The van der Waals surface area contributed by atoms with Crippen LogP contribution in [0.2, 0.25) is 0 Å². The number of nitrogens with zero attached hydrogens (tertiary/aromatic N) is 1. The van der Waals surface area contributed by atoms with Crippen molar-refractivity contribution in [3.05, 3.63) is 12.2 Å². The van der Waals surface area contributed by atoms with Crippen LogP contribution in [0.25, 0.3) is 0 Å². The average molecular weight is 112 g/mol. The van der Waals surface area contributed by atoms with Gasteiger partial charge in [0.1, 0.15) is 0 Å². The van der Waals surface area contributed by atoms with E-state index < -0.39 is 0 Å².